The van der Waals surface area contributed by atoms with E-state index >= 15 is 0 Å². The summed E-state index contributed by atoms with van der Waals surface area (Å²) in [6.07, 6.45) is 4.18. The zero-order chi connectivity index (χ0) is 17.2. The fourth-order valence-electron chi connectivity index (χ4n) is 2.01. The van der Waals surface area contributed by atoms with Crippen molar-refractivity contribution in [2.75, 3.05) is 52.4 Å². The molecule has 23 heavy (non-hydrogen) atoms. The molecule has 0 saturated carbocycles. The number of hydrogen-bond acceptors (Lipinski definition) is 5. The summed E-state index contributed by atoms with van der Waals surface area (Å²) in [4.78, 5) is 21.3. The van der Waals surface area contributed by atoms with Crippen molar-refractivity contribution in [3.8, 4) is 0 Å². The molecule has 0 rings (SSSR count). The lowest BCUT2D eigenvalue weighted by Crippen LogP contribution is -2.28. The molecule has 0 aliphatic carbocycles. The molecule has 0 saturated heterocycles. The van der Waals surface area contributed by atoms with Gasteiger partial charge in [0, 0.05) is 26.9 Å². The molecule has 0 aromatic heterocycles. The van der Waals surface area contributed by atoms with Crippen molar-refractivity contribution in [3.63, 3.8) is 0 Å². The highest BCUT2D eigenvalue weighted by Gasteiger charge is 1.93. The summed E-state index contributed by atoms with van der Waals surface area (Å²) < 4.78 is 0. The maximum atomic E-state index is 10.7. The van der Waals surface area contributed by atoms with Gasteiger partial charge in [0.05, 0.1) is 0 Å². The van der Waals surface area contributed by atoms with Crippen molar-refractivity contribution in [1.29, 1.82) is 0 Å². The van der Waals surface area contributed by atoms with Gasteiger partial charge in [-0.05, 0) is 65.0 Å². The first kappa shape index (κ1) is 21.8. The lowest BCUT2D eigenvalue weighted by molar-refractivity contribution is -0.119. The number of rotatable bonds is 16. The molecular weight excluding hydrogens is 294 g/mol. The van der Waals surface area contributed by atoms with E-state index in [2.05, 4.69) is 26.6 Å². The molecule has 0 radical (unpaired) electrons. The zero-order valence-electron chi connectivity index (χ0n) is 14.8. The van der Waals surface area contributed by atoms with E-state index in [0.29, 0.717) is 0 Å². The third-order valence-electron chi connectivity index (χ3n) is 3.22. The Balaban J connectivity index is 3.00. The highest BCUT2D eigenvalue weighted by molar-refractivity contribution is 5.72. The van der Waals surface area contributed by atoms with Gasteiger partial charge in [-0.3, -0.25) is 9.59 Å². The topological polar surface area (TPSA) is 94.3 Å². The Morgan fingerprint density at radius 2 is 0.783 bits per heavy atom. The average molecular weight is 329 g/mol. The van der Waals surface area contributed by atoms with Gasteiger partial charge in [-0.25, -0.2) is 0 Å². The number of hydrogen-bond donors (Lipinski definition) is 5. The van der Waals surface area contributed by atoms with Gasteiger partial charge in [0.25, 0.3) is 0 Å². The summed E-state index contributed by atoms with van der Waals surface area (Å²) in [5.41, 5.74) is 0. The Morgan fingerprint density at radius 3 is 1.04 bits per heavy atom. The molecule has 0 fully saturated rings. The third kappa shape index (κ3) is 20.8. The van der Waals surface area contributed by atoms with Crippen LogP contribution in [0.15, 0.2) is 0 Å². The maximum absolute atomic E-state index is 10.7. The molecular formula is C16H35N5O2. The molecule has 0 spiro atoms. The summed E-state index contributed by atoms with van der Waals surface area (Å²) >= 11 is 0. The van der Waals surface area contributed by atoms with Crippen molar-refractivity contribution in [1.82, 2.24) is 26.6 Å². The van der Waals surface area contributed by atoms with E-state index in [1.54, 1.807) is 13.8 Å². The van der Waals surface area contributed by atoms with Crippen LogP contribution in [0.2, 0.25) is 0 Å². The van der Waals surface area contributed by atoms with Gasteiger partial charge in [-0.1, -0.05) is 0 Å². The van der Waals surface area contributed by atoms with E-state index < -0.39 is 0 Å². The van der Waals surface area contributed by atoms with Crippen molar-refractivity contribution in [3.05, 3.63) is 0 Å². The molecule has 0 atom stereocenters. The largest absolute Gasteiger partial charge is 0.356 e. The van der Waals surface area contributed by atoms with E-state index in [-0.39, 0.29) is 11.8 Å². The summed E-state index contributed by atoms with van der Waals surface area (Å²) in [5, 5.41) is 15.7. The van der Waals surface area contributed by atoms with Crippen LogP contribution in [0.1, 0.15) is 39.5 Å². The van der Waals surface area contributed by atoms with Gasteiger partial charge in [0.15, 0.2) is 0 Å². The average Bonchev–Trinajstić information content (AvgIpc) is 2.49. The standard InChI is InChI=1S/C16H35N5O2/c1-15(22)20-13-5-11-18-9-3-7-17-8-4-10-19-12-6-14-21-16(2)23/h17-19H,3-14H2,1-2H3,(H,20,22)(H,21,23). The van der Waals surface area contributed by atoms with Crippen LogP contribution >= 0.6 is 0 Å². The molecule has 0 aliphatic rings. The lowest BCUT2D eigenvalue weighted by Gasteiger charge is -2.08. The van der Waals surface area contributed by atoms with Gasteiger partial charge in [-0.15, -0.1) is 0 Å². The highest BCUT2D eigenvalue weighted by Crippen LogP contribution is 1.80. The van der Waals surface area contributed by atoms with Gasteiger partial charge < -0.3 is 26.6 Å². The summed E-state index contributed by atoms with van der Waals surface area (Å²) in [5.74, 6) is 0.0767. The summed E-state index contributed by atoms with van der Waals surface area (Å²) in [6, 6.07) is 0. The Bertz CT molecular complexity index is 272. The second-order valence-electron chi connectivity index (χ2n) is 5.63. The smallest absolute Gasteiger partial charge is 0.216 e. The van der Waals surface area contributed by atoms with Gasteiger partial charge >= 0.3 is 0 Å². The fraction of sp³-hybridized carbons (Fsp3) is 0.875. The molecule has 0 bridgehead atoms. The third-order valence-corrected chi connectivity index (χ3v) is 3.22. The maximum Gasteiger partial charge on any atom is 0.216 e. The second kappa shape index (κ2) is 17.2. The fourth-order valence-corrected chi connectivity index (χ4v) is 2.01. The predicted octanol–water partition coefficient (Wildman–Crippen LogP) is -0.412. The van der Waals surface area contributed by atoms with Crippen LogP contribution in [0.3, 0.4) is 0 Å². The first-order chi connectivity index (χ1) is 11.1. The van der Waals surface area contributed by atoms with Gasteiger partial charge in [-0.2, -0.15) is 0 Å². The zero-order valence-corrected chi connectivity index (χ0v) is 14.8. The minimum absolute atomic E-state index is 0.0383. The SMILES string of the molecule is CC(=O)NCCCNCCCNCCCNCCCNC(C)=O. The molecule has 7 heteroatoms. The Morgan fingerprint density at radius 1 is 0.522 bits per heavy atom. The molecule has 2 amide bonds. The van der Waals surface area contributed by atoms with E-state index in [4.69, 9.17) is 0 Å². The van der Waals surface area contributed by atoms with Gasteiger partial charge in [0.1, 0.15) is 0 Å². The molecule has 0 unspecified atom stereocenters. The molecule has 0 aromatic rings. The molecule has 0 aromatic carbocycles. The molecule has 5 N–H and O–H groups in total. The van der Waals surface area contributed by atoms with E-state index in [1.165, 1.54) is 0 Å². The van der Waals surface area contributed by atoms with Crippen molar-refractivity contribution in [2.24, 2.45) is 0 Å². The van der Waals surface area contributed by atoms with Crippen LogP contribution in [0.4, 0.5) is 0 Å². The van der Waals surface area contributed by atoms with E-state index in [0.717, 1.165) is 78.0 Å². The van der Waals surface area contributed by atoms with Crippen LogP contribution in [0, 0.1) is 0 Å². The minimum atomic E-state index is 0.0383. The van der Waals surface area contributed by atoms with Crippen molar-refractivity contribution < 1.29 is 9.59 Å². The number of amides is 2. The van der Waals surface area contributed by atoms with Crippen molar-refractivity contribution in [2.45, 2.75) is 39.5 Å². The van der Waals surface area contributed by atoms with Crippen LogP contribution in [-0.4, -0.2) is 64.2 Å². The monoisotopic (exact) mass is 329 g/mol. The van der Waals surface area contributed by atoms with Crippen LogP contribution in [0.25, 0.3) is 0 Å². The molecule has 136 valence electrons. The number of nitrogens with one attached hydrogen (secondary N) is 5. The van der Waals surface area contributed by atoms with Crippen LogP contribution in [-0.2, 0) is 9.59 Å². The van der Waals surface area contributed by atoms with Gasteiger partial charge in [0.2, 0.25) is 11.8 Å². The molecule has 0 heterocycles. The molecule has 0 aliphatic heterocycles. The van der Waals surface area contributed by atoms with Crippen LogP contribution < -0.4 is 26.6 Å². The number of carbonyl (C=O) groups excluding carboxylic acids is 2. The van der Waals surface area contributed by atoms with Crippen molar-refractivity contribution >= 4 is 11.8 Å². The highest BCUT2D eigenvalue weighted by atomic mass is 16.1. The Kier molecular flexibility index (Phi) is 16.3. The minimum Gasteiger partial charge on any atom is -0.356 e. The normalized spacial score (nSPS) is 10.5. The predicted molar refractivity (Wildman–Crippen MR) is 94.4 cm³/mol. The Labute approximate surface area is 140 Å². The van der Waals surface area contributed by atoms with E-state index in [9.17, 15) is 9.59 Å². The quantitative estimate of drug-likeness (QED) is 0.248. The Hall–Kier alpha value is -1.18. The first-order valence-corrected chi connectivity index (χ1v) is 8.74. The summed E-state index contributed by atoms with van der Waals surface area (Å²) in [6.45, 7) is 10.6. The van der Waals surface area contributed by atoms with E-state index in [1.807, 2.05) is 0 Å². The van der Waals surface area contributed by atoms with Crippen LogP contribution in [0.5, 0.6) is 0 Å². The summed E-state index contributed by atoms with van der Waals surface area (Å²) in [7, 11) is 0. The second-order valence-corrected chi connectivity index (χ2v) is 5.63. The molecule has 7 nitrogen and oxygen atoms in total. The first-order valence-electron chi connectivity index (χ1n) is 8.74. The number of carbonyl (C=O) groups is 2. The lowest BCUT2D eigenvalue weighted by atomic mass is 10.3.